The van der Waals surface area contributed by atoms with Crippen molar-refractivity contribution in [3.05, 3.63) is 5.82 Å². The highest BCUT2D eigenvalue weighted by molar-refractivity contribution is 4.91. The average Bonchev–Trinajstić information content (AvgIpc) is 3.12. The molecule has 0 saturated heterocycles. The van der Waals surface area contributed by atoms with E-state index >= 15 is 0 Å². The number of nitrogens with zero attached hydrogens (tertiary/aromatic N) is 5. The normalized spacial score (nSPS) is 15.8. The Morgan fingerprint density at radius 3 is 2.67 bits per heavy atom. The van der Waals surface area contributed by atoms with Crippen LogP contribution in [0.3, 0.4) is 0 Å². The highest BCUT2D eigenvalue weighted by Crippen LogP contribution is 2.34. The molecular weight excluding hydrogens is 230 g/mol. The molecule has 0 unspecified atom stereocenters. The highest BCUT2D eigenvalue weighted by atomic mass is 16.3. The van der Waals surface area contributed by atoms with Crippen molar-refractivity contribution in [1.82, 2.24) is 25.1 Å². The van der Waals surface area contributed by atoms with E-state index in [4.69, 9.17) is 0 Å². The van der Waals surface area contributed by atoms with Gasteiger partial charge in [-0.25, -0.2) is 4.68 Å². The van der Waals surface area contributed by atoms with Crippen molar-refractivity contribution in [2.75, 3.05) is 13.2 Å². The number of tetrazole rings is 1. The molecule has 102 valence electrons. The summed E-state index contributed by atoms with van der Waals surface area (Å²) in [4.78, 5) is 2.28. The smallest absolute Gasteiger partial charge is 0.165 e. The summed E-state index contributed by atoms with van der Waals surface area (Å²) >= 11 is 0. The predicted octanol–water partition coefficient (Wildman–Crippen LogP) is 0.991. The van der Waals surface area contributed by atoms with Gasteiger partial charge in [0.05, 0.1) is 19.2 Å². The van der Waals surface area contributed by atoms with Gasteiger partial charge < -0.3 is 5.11 Å². The lowest BCUT2D eigenvalue weighted by Gasteiger charge is -2.29. The van der Waals surface area contributed by atoms with Crippen molar-refractivity contribution in [1.29, 1.82) is 0 Å². The predicted molar refractivity (Wildman–Crippen MR) is 68.0 cm³/mol. The molecule has 1 fully saturated rings. The third kappa shape index (κ3) is 3.05. The van der Waals surface area contributed by atoms with Crippen LogP contribution in [0.2, 0.25) is 0 Å². The summed E-state index contributed by atoms with van der Waals surface area (Å²) in [7, 11) is 0. The molecule has 2 rings (SSSR count). The number of aromatic nitrogens is 4. The van der Waals surface area contributed by atoms with Gasteiger partial charge in [0.2, 0.25) is 0 Å². The van der Waals surface area contributed by atoms with Gasteiger partial charge in [0.15, 0.2) is 5.82 Å². The van der Waals surface area contributed by atoms with Crippen molar-refractivity contribution < 1.29 is 5.11 Å². The summed E-state index contributed by atoms with van der Waals surface area (Å²) in [5, 5.41) is 21.2. The summed E-state index contributed by atoms with van der Waals surface area (Å²) in [6, 6.07) is 0.995. The van der Waals surface area contributed by atoms with E-state index in [2.05, 4.69) is 34.3 Å². The Morgan fingerprint density at radius 2 is 2.11 bits per heavy atom. The first-order valence-corrected chi connectivity index (χ1v) is 6.91. The van der Waals surface area contributed by atoms with E-state index in [1.807, 2.05) is 4.68 Å². The van der Waals surface area contributed by atoms with Gasteiger partial charge in [-0.05, 0) is 36.1 Å². The standard InChI is InChI=1S/C12H23N5O/c1-3-10(4-2)16(7-8-18)9-12-13-14-15-17(12)11-5-6-11/h10-11,18H,3-9H2,1-2H3. The minimum Gasteiger partial charge on any atom is -0.395 e. The summed E-state index contributed by atoms with van der Waals surface area (Å²) in [6.45, 7) is 5.96. The molecule has 18 heavy (non-hydrogen) atoms. The van der Waals surface area contributed by atoms with Crippen LogP contribution in [0.1, 0.15) is 51.4 Å². The van der Waals surface area contributed by atoms with Gasteiger partial charge in [0.25, 0.3) is 0 Å². The molecule has 1 aliphatic rings. The third-order valence-corrected chi connectivity index (χ3v) is 3.64. The van der Waals surface area contributed by atoms with Crippen LogP contribution in [0.4, 0.5) is 0 Å². The number of hydrogen-bond acceptors (Lipinski definition) is 5. The van der Waals surface area contributed by atoms with Crippen LogP contribution in [0.5, 0.6) is 0 Å². The van der Waals surface area contributed by atoms with Crippen molar-refractivity contribution in [3.63, 3.8) is 0 Å². The third-order valence-electron chi connectivity index (χ3n) is 3.64. The Labute approximate surface area is 108 Å². The van der Waals surface area contributed by atoms with E-state index in [1.54, 1.807) is 0 Å². The Morgan fingerprint density at radius 1 is 1.39 bits per heavy atom. The summed E-state index contributed by atoms with van der Waals surface area (Å²) in [6.07, 6.45) is 4.54. The van der Waals surface area contributed by atoms with Crippen molar-refractivity contribution >= 4 is 0 Å². The molecule has 0 bridgehead atoms. The molecule has 0 amide bonds. The fourth-order valence-electron chi connectivity index (χ4n) is 2.43. The summed E-state index contributed by atoms with van der Waals surface area (Å²) in [5.74, 6) is 0.929. The molecule has 1 heterocycles. The molecule has 6 nitrogen and oxygen atoms in total. The molecule has 1 aromatic rings. The van der Waals surface area contributed by atoms with Crippen molar-refractivity contribution in [2.45, 2.75) is 58.2 Å². The maximum Gasteiger partial charge on any atom is 0.165 e. The highest BCUT2D eigenvalue weighted by Gasteiger charge is 2.28. The first-order chi connectivity index (χ1) is 8.80. The van der Waals surface area contributed by atoms with Crippen LogP contribution in [0.15, 0.2) is 0 Å². The van der Waals surface area contributed by atoms with E-state index in [0.717, 1.165) is 25.2 Å². The van der Waals surface area contributed by atoms with E-state index in [1.165, 1.54) is 12.8 Å². The number of aliphatic hydroxyl groups is 1. The molecule has 1 N–H and O–H groups in total. The SMILES string of the molecule is CCC(CC)N(CCO)Cc1nnnn1C1CC1. The lowest BCUT2D eigenvalue weighted by molar-refractivity contribution is 0.131. The molecule has 1 saturated carbocycles. The van der Waals surface area contributed by atoms with Gasteiger partial charge in [-0.3, -0.25) is 4.90 Å². The maximum atomic E-state index is 9.20. The molecule has 0 spiro atoms. The van der Waals surface area contributed by atoms with E-state index < -0.39 is 0 Å². The number of hydrogen-bond donors (Lipinski definition) is 1. The quantitative estimate of drug-likeness (QED) is 0.748. The molecule has 1 aromatic heterocycles. The zero-order valence-electron chi connectivity index (χ0n) is 11.3. The van der Waals surface area contributed by atoms with Crippen LogP contribution >= 0.6 is 0 Å². The fourth-order valence-corrected chi connectivity index (χ4v) is 2.43. The van der Waals surface area contributed by atoms with Crippen LogP contribution < -0.4 is 0 Å². The topological polar surface area (TPSA) is 67.1 Å². The molecule has 1 aliphatic carbocycles. The maximum absolute atomic E-state index is 9.20. The van der Waals surface area contributed by atoms with Gasteiger partial charge in [-0.15, -0.1) is 5.10 Å². The van der Waals surface area contributed by atoms with Crippen LogP contribution in [-0.4, -0.2) is 49.4 Å². The van der Waals surface area contributed by atoms with Gasteiger partial charge in [-0.1, -0.05) is 13.8 Å². The van der Waals surface area contributed by atoms with Crippen LogP contribution in [0, 0.1) is 0 Å². The molecule has 0 radical (unpaired) electrons. The fraction of sp³-hybridized carbons (Fsp3) is 0.917. The largest absolute Gasteiger partial charge is 0.395 e. The van der Waals surface area contributed by atoms with Gasteiger partial charge in [-0.2, -0.15) is 0 Å². The van der Waals surface area contributed by atoms with Crippen LogP contribution in [-0.2, 0) is 6.54 Å². The Hall–Kier alpha value is -1.01. The second-order valence-electron chi connectivity index (χ2n) is 4.94. The van der Waals surface area contributed by atoms with Gasteiger partial charge in [0.1, 0.15) is 0 Å². The van der Waals surface area contributed by atoms with Crippen molar-refractivity contribution in [2.24, 2.45) is 0 Å². The number of rotatable bonds is 8. The van der Waals surface area contributed by atoms with Gasteiger partial charge in [0, 0.05) is 12.6 Å². The van der Waals surface area contributed by atoms with Gasteiger partial charge >= 0.3 is 0 Å². The Kier molecular flexibility index (Phi) is 4.66. The minimum absolute atomic E-state index is 0.182. The number of aliphatic hydroxyl groups excluding tert-OH is 1. The molecular formula is C12H23N5O. The molecule has 0 aromatic carbocycles. The van der Waals surface area contributed by atoms with E-state index in [-0.39, 0.29) is 6.61 Å². The first-order valence-electron chi connectivity index (χ1n) is 6.91. The molecule has 0 aliphatic heterocycles. The monoisotopic (exact) mass is 253 g/mol. The zero-order valence-corrected chi connectivity index (χ0v) is 11.3. The Balaban J connectivity index is 2.04. The molecule has 0 atom stereocenters. The zero-order chi connectivity index (χ0) is 13.0. The second kappa shape index (κ2) is 6.24. The summed E-state index contributed by atoms with van der Waals surface area (Å²) in [5.41, 5.74) is 0. The van der Waals surface area contributed by atoms with E-state index in [9.17, 15) is 5.11 Å². The lowest BCUT2D eigenvalue weighted by atomic mass is 10.1. The van der Waals surface area contributed by atoms with Crippen molar-refractivity contribution in [3.8, 4) is 0 Å². The average molecular weight is 253 g/mol. The molecule has 6 heteroatoms. The summed E-state index contributed by atoms with van der Waals surface area (Å²) < 4.78 is 1.95. The van der Waals surface area contributed by atoms with Crippen LogP contribution in [0.25, 0.3) is 0 Å². The van der Waals surface area contributed by atoms with E-state index in [0.29, 0.717) is 18.6 Å². The minimum atomic E-state index is 0.182. The lowest BCUT2D eigenvalue weighted by Crippen LogP contribution is -2.37. The second-order valence-corrected chi connectivity index (χ2v) is 4.94. The Bertz CT molecular complexity index is 359. The first kappa shape index (κ1) is 13.4.